The summed E-state index contributed by atoms with van der Waals surface area (Å²) in [7, 11) is 0. The van der Waals surface area contributed by atoms with Crippen LogP contribution in [0.2, 0.25) is 0 Å². The highest BCUT2D eigenvalue weighted by molar-refractivity contribution is 6.24. The van der Waals surface area contributed by atoms with E-state index in [4.69, 9.17) is 4.42 Å². The summed E-state index contributed by atoms with van der Waals surface area (Å²) < 4.78 is 6.65. The number of furan rings is 1. The number of fused-ring (bicyclic) bond motifs is 14. The molecule has 0 saturated carbocycles. The second-order valence-corrected chi connectivity index (χ2v) is 16.4. The van der Waals surface area contributed by atoms with Gasteiger partial charge in [0.25, 0.3) is 0 Å². The summed E-state index contributed by atoms with van der Waals surface area (Å²) >= 11 is 0. The normalized spacial score (nSPS) is 14.5. The van der Waals surface area contributed by atoms with Gasteiger partial charge in [0.05, 0.1) is 0 Å². The fourth-order valence-corrected chi connectivity index (χ4v) is 10.1. The molecule has 0 N–H and O–H groups in total. The van der Waals surface area contributed by atoms with Gasteiger partial charge in [0.1, 0.15) is 11.2 Å². The van der Waals surface area contributed by atoms with Crippen molar-refractivity contribution in [1.82, 2.24) is 0 Å². The minimum atomic E-state index is -0.235. The highest BCUT2D eigenvalue weighted by atomic mass is 16.3. The van der Waals surface area contributed by atoms with Gasteiger partial charge in [0.2, 0.25) is 0 Å². The van der Waals surface area contributed by atoms with E-state index in [1.165, 1.54) is 99.1 Å². The van der Waals surface area contributed by atoms with Gasteiger partial charge in [-0.15, -0.1) is 0 Å². The number of benzene rings is 7. The molecule has 1 aromatic heterocycles. The second-order valence-electron chi connectivity index (χ2n) is 16.4. The van der Waals surface area contributed by atoms with Crippen LogP contribution in [0.4, 0.5) is 0 Å². The first-order valence-electron chi connectivity index (χ1n) is 19.4. The minimum absolute atomic E-state index is 0.0733. The van der Waals surface area contributed by atoms with Crippen molar-refractivity contribution in [2.75, 3.05) is 0 Å². The molecule has 0 radical (unpaired) electrons. The molecular weight excluding hydrogens is 665 g/mol. The van der Waals surface area contributed by atoms with Crippen molar-refractivity contribution in [3.05, 3.63) is 192 Å². The molecule has 2 aliphatic rings. The Balaban J connectivity index is 1.15. The molecule has 1 heterocycles. The predicted molar refractivity (Wildman–Crippen MR) is 232 cm³/mol. The van der Waals surface area contributed by atoms with Gasteiger partial charge < -0.3 is 4.42 Å². The van der Waals surface area contributed by atoms with Gasteiger partial charge in [0, 0.05) is 27.0 Å². The van der Waals surface area contributed by atoms with Crippen LogP contribution in [0.25, 0.3) is 88.0 Å². The Bertz CT molecular complexity index is 3150. The average molecular weight is 705 g/mol. The molecule has 0 spiro atoms. The van der Waals surface area contributed by atoms with Crippen LogP contribution in [0.5, 0.6) is 0 Å². The molecule has 0 atom stereocenters. The zero-order valence-corrected chi connectivity index (χ0v) is 31.6. The van der Waals surface area contributed by atoms with Gasteiger partial charge >= 0.3 is 0 Å². The highest BCUT2D eigenvalue weighted by Gasteiger charge is 2.40. The average Bonchev–Trinajstić information content (AvgIpc) is 3.79. The summed E-state index contributed by atoms with van der Waals surface area (Å²) in [6, 6.07) is 62.6. The van der Waals surface area contributed by atoms with Crippen LogP contribution in [0.3, 0.4) is 0 Å². The zero-order chi connectivity index (χ0) is 37.1. The minimum Gasteiger partial charge on any atom is -0.455 e. The third kappa shape index (κ3) is 4.47. The van der Waals surface area contributed by atoms with E-state index in [9.17, 15) is 0 Å². The maximum atomic E-state index is 6.65. The van der Waals surface area contributed by atoms with E-state index in [0.717, 1.165) is 11.2 Å². The van der Waals surface area contributed by atoms with Gasteiger partial charge in [-0.25, -0.2) is 0 Å². The Kier molecular flexibility index (Phi) is 6.72. The van der Waals surface area contributed by atoms with E-state index in [1.807, 2.05) is 0 Å². The van der Waals surface area contributed by atoms with Crippen LogP contribution in [0.1, 0.15) is 49.9 Å². The molecule has 1 nitrogen and oxygen atoms in total. The van der Waals surface area contributed by atoms with Crippen LogP contribution < -0.4 is 0 Å². The Morgan fingerprint density at radius 1 is 0.364 bits per heavy atom. The first-order chi connectivity index (χ1) is 26.8. The maximum Gasteiger partial charge on any atom is 0.143 e. The Morgan fingerprint density at radius 3 is 1.55 bits per heavy atom. The fourth-order valence-electron chi connectivity index (χ4n) is 10.1. The van der Waals surface area contributed by atoms with Gasteiger partial charge in [-0.2, -0.15) is 0 Å². The van der Waals surface area contributed by atoms with E-state index in [2.05, 4.69) is 198 Å². The van der Waals surface area contributed by atoms with Crippen molar-refractivity contribution < 1.29 is 4.42 Å². The summed E-state index contributed by atoms with van der Waals surface area (Å²) in [5.41, 5.74) is 17.3. The molecule has 0 saturated heterocycles. The quantitative estimate of drug-likeness (QED) is 0.175. The molecule has 262 valence electrons. The first kappa shape index (κ1) is 32.0. The van der Waals surface area contributed by atoms with Crippen LogP contribution >= 0.6 is 0 Å². The van der Waals surface area contributed by atoms with Gasteiger partial charge in [0.15, 0.2) is 0 Å². The topological polar surface area (TPSA) is 13.1 Å². The van der Waals surface area contributed by atoms with E-state index in [-0.39, 0.29) is 10.8 Å². The van der Waals surface area contributed by atoms with Crippen LogP contribution in [0.15, 0.2) is 174 Å². The van der Waals surface area contributed by atoms with E-state index >= 15 is 0 Å². The third-order valence-corrected chi connectivity index (χ3v) is 12.7. The lowest BCUT2D eigenvalue weighted by atomic mass is 9.79. The summed E-state index contributed by atoms with van der Waals surface area (Å²) in [5.74, 6) is 0. The summed E-state index contributed by atoms with van der Waals surface area (Å²) in [5, 5.41) is 7.28. The van der Waals surface area contributed by atoms with Gasteiger partial charge in [-0.3, -0.25) is 0 Å². The smallest absolute Gasteiger partial charge is 0.143 e. The van der Waals surface area contributed by atoms with E-state index in [0.29, 0.717) is 0 Å². The molecule has 9 aromatic rings. The Morgan fingerprint density at radius 2 is 0.855 bits per heavy atom. The van der Waals surface area contributed by atoms with Crippen molar-refractivity contribution in [3.63, 3.8) is 0 Å². The predicted octanol–water partition coefficient (Wildman–Crippen LogP) is 15.0. The lowest BCUT2D eigenvalue weighted by Gasteiger charge is -2.24. The van der Waals surface area contributed by atoms with E-state index in [1.54, 1.807) is 0 Å². The molecule has 1 heteroatoms. The molecule has 0 aliphatic heterocycles. The summed E-state index contributed by atoms with van der Waals surface area (Å²) in [4.78, 5) is 0. The van der Waals surface area contributed by atoms with E-state index < -0.39 is 0 Å². The molecule has 55 heavy (non-hydrogen) atoms. The highest BCUT2D eigenvalue weighted by Crippen LogP contribution is 2.57. The maximum absolute atomic E-state index is 6.65. The van der Waals surface area contributed by atoms with Crippen molar-refractivity contribution in [3.8, 4) is 44.5 Å². The molecule has 0 unspecified atom stereocenters. The molecule has 0 fully saturated rings. The standard InChI is InChI=1S/C54H40O/c1-53(2)45-25-15-13-21-39(45)40-29-27-33(31-46(40)53)35-17-7-5-6-8-18-36(38-20-10-9-19-37(35)38)34-28-30-43-47(32-34)54(3,4)51-41-22-11-12-23-42(41)52-50(49(43)51)44-24-14-16-26-48(44)55-52/h5-32H,1-4H3. The Hall–Kier alpha value is -6.44. The molecule has 11 rings (SSSR count). The monoisotopic (exact) mass is 704 g/mol. The Labute approximate surface area is 321 Å². The number of hydrogen-bond acceptors (Lipinski definition) is 1. The number of hydrogen-bond donors (Lipinski definition) is 0. The van der Waals surface area contributed by atoms with Crippen molar-refractivity contribution in [2.24, 2.45) is 0 Å². The molecular formula is C54H40O. The van der Waals surface area contributed by atoms with Crippen LogP contribution in [-0.4, -0.2) is 0 Å². The van der Waals surface area contributed by atoms with Gasteiger partial charge in [-0.1, -0.05) is 179 Å². The SMILES string of the molecule is CC1(C)c2ccccc2-c2ccc(-c3ccccccc(-c4ccc5c(c4)C(C)(C)c4c-5c5c6ccccc6oc5c5ccccc45)c4ccccc34)cc21. The van der Waals surface area contributed by atoms with Crippen LogP contribution in [-0.2, 0) is 10.8 Å². The largest absolute Gasteiger partial charge is 0.455 e. The van der Waals surface area contributed by atoms with Crippen LogP contribution in [0, 0.1) is 0 Å². The number of para-hydroxylation sites is 1. The molecule has 0 amide bonds. The number of rotatable bonds is 2. The molecule has 2 aliphatic carbocycles. The lowest BCUT2D eigenvalue weighted by molar-refractivity contribution is 0.660. The van der Waals surface area contributed by atoms with Crippen molar-refractivity contribution in [2.45, 2.75) is 38.5 Å². The summed E-state index contributed by atoms with van der Waals surface area (Å²) in [6.45, 7) is 9.52. The molecule has 0 bridgehead atoms. The fraction of sp³-hybridized carbons (Fsp3) is 0.111. The second kappa shape index (κ2) is 11.5. The van der Waals surface area contributed by atoms with Crippen molar-refractivity contribution >= 4 is 43.5 Å². The molecule has 8 aromatic carbocycles. The van der Waals surface area contributed by atoms with Gasteiger partial charge in [-0.05, 0) is 101 Å². The third-order valence-electron chi connectivity index (χ3n) is 12.7. The lowest BCUT2D eigenvalue weighted by Crippen LogP contribution is -2.15. The van der Waals surface area contributed by atoms with Crippen molar-refractivity contribution in [1.29, 1.82) is 0 Å². The first-order valence-corrected chi connectivity index (χ1v) is 19.4. The summed E-state index contributed by atoms with van der Waals surface area (Å²) in [6.07, 6.45) is 0. The zero-order valence-electron chi connectivity index (χ0n) is 31.6.